The number of hydrazine groups is 1. The van der Waals surface area contributed by atoms with Crippen molar-refractivity contribution in [3.8, 4) is 0 Å². The van der Waals surface area contributed by atoms with Gasteiger partial charge in [-0.25, -0.2) is 0 Å². The van der Waals surface area contributed by atoms with Crippen LogP contribution >= 0.6 is 0 Å². The molecule has 0 heterocycles. The number of nitrogens with two attached hydrogens (primary N) is 1. The highest BCUT2D eigenvalue weighted by molar-refractivity contribution is 5.68. The van der Waals surface area contributed by atoms with Crippen LogP contribution in [0.15, 0.2) is 42.5 Å². The number of rotatable bonds is 4. The molecule has 19 heavy (non-hydrogen) atoms. The predicted octanol–water partition coefficient (Wildman–Crippen LogP) is 2.93. The molecule has 0 fully saturated rings. The molecule has 0 unspecified atom stereocenters. The number of anilines is 3. The van der Waals surface area contributed by atoms with Crippen LogP contribution in [-0.2, 0) is 0 Å². The number of nitrogen functional groups attached to an aromatic ring is 1. The maximum absolute atomic E-state index is 10.8. The van der Waals surface area contributed by atoms with Gasteiger partial charge in [0, 0.05) is 23.5 Å². The summed E-state index contributed by atoms with van der Waals surface area (Å²) in [5, 5.41) is 13.9. The van der Waals surface area contributed by atoms with Crippen LogP contribution < -0.4 is 16.6 Å². The molecule has 4 N–H and O–H groups in total. The van der Waals surface area contributed by atoms with Gasteiger partial charge in [0.15, 0.2) is 0 Å². The summed E-state index contributed by atoms with van der Waals surface area (Å²) in [6.07, 6.45) is 0. The lowest BCUT2D eigenvalue weighted by atomic mass is 10.2. The Kier molecular flexibility index (Phi) is 3.63. The molecule has 0 aliphatic rings. The summed E-state index contributed by atoms with van der Waals surface area (Å²) >= 11 is 0. The van der Waals surface area contributed by atoms with Gasteiger partial charge in [-0.1, -0.05) is 17.7 Å². The lowest BCUT2D eigenvalue weighted by molar-refractivity contribution is -0.384. The number of non-ortho nitro benzene ring substituents is 1. The van der Waals surface area contributed by atoms with E-state index in [1.165, 1.54) is 12.1 Å². The van der Waals surface area contributed by atoms with Crippen molar-refractivity contribution in [2.24, 2.45) is 5.84 Å². The van der Waals surface area contributed by atoms with Gasteiger partial charge in [-0.3, -0.25) is 16.0 Å². The van der Waals surface area contributed by atoms with Crippen molar-refractivity contribution in [2.45, 2.75) is 6.92 Å². The average Bonchev–Trinajstić information content (AvgIpc) is 2.41. The fourth-order valence-corrected chi connectivity index (χ4v) is 1.68. The number of nitrogens with one attached hydrogen (secondary N) is 2. The molecule has 2 aromatic carbocycles. The topological polar surface area (TPSA) is 93.2 Å². The zero-order valence-corrected chi connectivity index (χ0v) is 10.4. The second-order valence-corrected chi connectivity index (χ2v) is 4.16. The van der Waals surface area contributed by atoms with Gasteiger partial charge in [-0.05, 0) is 25.1 Å². The van der Waals surface area contributed by atoms with Crippen LogP contribution in [0, 0.1) is 17.0 Å². The summed E-state index contributed by atoms with van der Waals surface area (Å²) in [5.74, 6) is 5.30. The first-order valence-corrected chi connectivity index (χ1v) is 5.68. The van der Waals surface area contributed by atoms with Gasteiger partial charge in [0.05, 0.1) is 10.6 Å². The van der Waals surface area contributed by atoms with E-state index in [4.69, 9.17) is 5.84 Å². The van der Waals surface area contributed by atoms with Crippen LogP contribution in [0.3, 0.4) is 0 Å². The highest BCUT2D eigenvalue weighted by Gasteiger charge is 2.09. The van der Waals surface area contributed by atoms with E-state index in [-0.39, 0.29) is 5.69 Å². The molecule has 0 spiro atoms. The van der Waals surface area contributed by atoms with Crippen molar-refractivity contribution < 1.29 is 4.92 Å². The molecule has 0 atom stereocenters. The van der Waals surface area contributed by atoms with E-state index < -0.39 is 4.92 Å². The average molecular weight is 258 g/mol. The molecular weight excluding hydrogens is 244 g/mol. The van der Waals surface area contributed by atoms with Crippen LogP contribution in [-0.4, -0.2) is 4.92 Å². The number of nitrogens with zero attached hydrogens (tertiary/aromatic N) is 1. The van der Waals surface area contributed by atoms with Crippen molar-refractivity contribution in [3.63, 3.8) is 0 Å². The smallest absolute Gasteiger partial charge is 0.273 e. The number of hydrogen-bond donors (Lipinski definition) is 3. The SMILES string of the molecule is Cc1ccc(Nc2cc(NN)cc([N+](=O)[O-])c2)cc1. The number of benzene rings is 2. The molecule has 0 radical (unpaired) electrons. The molecule has 0 saturated carbocycles. The van der Waals surface area contributed by atoms with Crippen LogP contribution in [0.1, 0.15) is 5.56 Å². The first kappa shape index (κ1) is 12.8. The van der Waals surface area contributed by atoms with Crippen LogP contribution in [0.4, 0.5) is 22.7 Å². The summed E-state index contributed by atoms with van der Waals surface area (Å²) in [6, 6.07) is 12.3. The zero-order chi connectivity index (χ0) is 13.8. The monoisotopic (exact) mass is 258 g/mol. The van der Waals surface area contributed by atoms with Crippen molar-refractivity contribution in [3.05, 3.63) is 58.1 Å². The number of hydrogen-bond acceptors (Lipinski definition) is 5. The van der Waals surface area contributed by atoms with Gasteiger partial charge in [0.1, 0.15) is 0 Å². The third-order valence-corrected chi connectivity index (χ3v) is 2.64. The fraction of sp³-hybridized carbons (Fsp3) is 0.0769. The quantitative estimate of drug-likeness (QED) is 0.445. The minimum absolute atomic E-state index is 0.0231. The molecule has 0 saturated heterocycles. The van der Waals surface area contributed by atoms with Crippen molar-refractivity contribution >= 4 is 22.7 Å². The van der Waals surface area contributed by atoms with Gasteiger partial charge in [-0.2, -0.15) is 0 Å². The normalized spacial score (nSPS) is 10.0. The van der Waals surface area contributed by atoms with E-state index in [0.717, 1.165) is 11.3 Å². The van der Waals surface area contributed by atoms with Crippen LogP contribution in [0.2, 0.25) is 0 Å². The molecule has 0 aliphatic carbocycles. The van der Waals surface area contributed by atoms with Crippen molar-refractivity contribution in [2.75, 3.05) is 10.7 Å². The summed E-state index contributed by atoms with van der Waals surface area (Å²) in [7, 11) is 0. The summed E-state index contributed by atoms with van der Waals surface area (Å²) in [5.41, 5.74) is 5.47. The summed E-state index contributed by atoms with van der Waals surface area (Å²) in [4.78, 5) is 10.4. The molecule has 6 nitrogen and oxygen atoms in total. The van der Waals surface area contributed by atoms with Gasteiger partial charge in [-0.15, -0.1) is 0 Å². The Hall–Kier alpha value is -2.60. The standard InChI is InChI=1S/C13H14N4O2/c1-9-2-4-10(5-3-9)15-11-6-12(16-14)8-13(7-11)17(18)19/h2-8,15-16H,14H2,1H3. The van der Waals surface area contributed by atoms with Crippen molar-refractivity contribution in [1.82, 2.24) is 0 Å². The van der Waals surface area contributed by atoms with Gasteiger partial charge in [0.25, 0.3) is 5.69 Å². The highest BCUT2D eigenvalue weighted by atomic mass is 16.6. The molecular formula is C13H14N4O2. The van der Waals surface area contributed by atoms with E-state index in [1.54, 1.807) is 6.07 Å². The van der Waals surface area contributed by atoms with E-state index in [0.29, 0.717) is 11.4 Å². The molecule has 6 heteroatoms. The Labute approximate surface area is 110 Å². The predicted molar refractivity (Wildman–Crippen MR) is 75.4 cm³/mol. The Balaban J connectivity index is 2.31. The number of nitro benzene ring substituents is 1. The summed E-state index contributed by atoms with van der Waals surface area (Å²) < 4.78 is 0. The van der Waals surface area contributed by atoms with Gasteiger partial charge in [0.2, 0.25) is 0 Å². The lowest BCUT2D eigenvalue weighted by Crippen LogP contribution is -2.07. The molecule has 0 aliphatic heterocycles. The summed E-state index contributed by atoms with van der Waals surface area (Å²) in [6.45, 7) is 1.99. The van der Waals surface area contributed by atoms with E-state index in [9.17, 15) is 10.1 Å². The second kappa shape index (κ2) is 5.36. The minimum atomic E-state index is -0.457. The fourth-order valence-electron chi connectivity index (χ4n) is 1.68. The van der Waals surface area contributed by atoms with Gasteiger partial charge >= 0.3 is 0 Å². The lowest BCUT2D eigenvalue weighted by Gasteiger charge is -2.09. The van der Waals surface area contributed by atoms with Crippen molar-refractivity contribution in [1.29, 1.82) is 0 Å². The first-order valence-electron chi connectivity index (χ1n) is 5.68. The number of nitro groups is 1. The van der Waals surface area contributed by atoms with Gasteiger partial charge < -0.3 is 10.7 Å². The largest absolute Gasteiger partial charge is 0.355 e. The first-order chi connectivity index (χ1) is 9.08. The Morgan fingerprint density at radius 3 is 2.26 bits per heavy atom. The maximum atomic E-state index is 10.8. The maximum Gasteiger partial charge on any atom is 0.273 e. The third kappa shape index (κ3) is 3.20. The Morgan fingerprint density at radius 2 is 1.68 bits per heavy atom. The van der Waals surface area contributed by atoms with E-state index >= 15 is 0 Å². The number of aryl methyl sites for hydroxylation is 1. The Bertz CT molecular complexity index is 596. The molecule has 0 amide bonds. The Morgan fingerprint density at radius 1 is 1.05 bits per heavy atom. The highest BCUT2D eigenvalue weighted by Crippen LogP contribution is 2.26. The molecule has 2 rings (SSSR count). The van der Waals surface area contributed by atoms with E-state index in [2.05, 4.69) is 10.7 Å². The second-order valence-electron chi connectivity index (χ2n) is 4.16. The third-order valence-electron chi connectivity index (χ3n) is 2.64. The molecule has 0 bridgehead atoms. The molecule has 0 aromatic heterocycles. The zero-order valence-electron chi connectivity index (χ0n) is 10.4. The molecule has 2 aromatic rings. The van der Waals surface area contributed by atoms with Crippen LogP contribution in [0.5, 0.6) is 0 Å². The van der Waals surface area contributed by atoms with E-state index in [1.807, 2.05) is 31.2 Å². The molecule has 98 valence electrons. The minimum Gasteiger partial charge on any atom is -0.355 e. The van der Waals surface area contributed by atoms with Crippen LogP contribution in [0.25, 0.3) is 0 Å².